The highest BCUT2D eigenvalue weighted by molar-refractivity contribution is 6.32. The highest BCUT2D eigenvalue weighted by Crippen LogP contribution is 2.33. The summed E-state index contributed by atoms with van der Waals surface area (Å²) in [5, 5.41) is 6.59. The van der Waals surface area contributed by atoms with Crippen molar-refractivity contribution < 1.29 is 22.7 Å². The minimum Gasteiger partial charge on any atom is -0.482 e. The lowest BCUT2D eigenvalue weighted by Gasteiger charge is -2.15. The van der Waals surface area contributed by atoms with E-state index in [1.54, 1.807) is 24.3 Å². The molecule has 2 aromatic carbocycles. The molecule has 0 spiro atoms. The van der Waals surface area contributed by atoms with Crippen molar-refractivity contribution in [3.8, 4) is 11.4 Å². The second-order valence-electron chi connectivity index (χ2n) is 5.34. The highest BCUT2D eigenvalue weighted by atomic mass is 35.5. The summed E-state index contributed by atoms with van der Waals surface area (Å²) in [6.07, 6.45) is -2.03. The Bertz CT molecular complexity index is 946. The number of para-hydroxylation sites is 1. The zero-order valence-corrected chi connectivity index (χ0v) is 14.3. The van der Waals surface area contributed by atoms with Crippen molar-refractivity contribution in [3.05, 3.63) is 65.7 Å². The Kier molecular flexibility index (Phi) is 5.31. The molecule has 1 amide bonds. The van der Waals surface area contributed by atoms with Gasteiger partial charge in [0.05, 0.1) is 22.0 Å². The fraction of sp³-hybridized carbons (Fsp3) is 0.118. The number of rotatable bonds is 5. The summed E-state index contributed by atoms with van der Waals surface area (Å²) >= 11 is 5.93. The third-order valence-corrected chi connectivity index (χ3v) is 3.77. The number of carbonyl (C=O) groups is 1. The van der Waals surface area contributed by atoms with Crippen LogP contribution in [0.3, 0.4) is 0 Å². The van der Waals surface area contributed by atoms with Gasteiger partial charge in [-0.25, -0.2) is 9.67 Å². The molecule has 0 unspecified atom stereocenters. The fourth-order valence-electron chi connectivity index (χ4n) is 2.24. The number of nitrogens with one attached hydrogen (secondary N) is 1. The van der Waals surface area contributed by atoms with Gasteiger partial charge in [0, 0.05) is 0 Å². The third-order valence-electron chi connectivity index (χ3n) is 3.46. The van der Waals surface area contributed by atoms with Gasteiger partial charge in [0.25, 0.3) is 5.91 Å². The molecule has 1 aromatic heterocycles. The van der Waals surface area contributed by atoms with E-state index in [9.17, 15) is 18.0 Å². The number of anilines is 1. The zero-order valence-electron chi connectivity index (χ0n) is 13.6. The summed E-state index contributed by atoms with van der Waals surface area (Å²) in [6, 6.07) is 9.45. The lowest BCUT2D eigenvalue weighted by atomic mass is 10.1. The molecule has 0 saturated carbocycles. The molecule has 0 saturated heterocycles. The van der Waals surface area contributed by atoms with Gasteiger partial charge in [-0.2, -0.15) is 18.3 Å². The van der Waals surface area contributed by atoms with Crippen LogP contribution in [-0.2, 0) is 11.0 Å². The lowest BCUT2D eigenvalue weighted by Crippen LogP contribution is -2.22. The van der Waals surface area contributed by atoms with E-state index in [4.69, 9.17) is 16.3 Å². The largest absolute Gasteiger partial charge is 0.482 e. The highest BCUT2D eigenvalue weighted by Gasteiger charge is 2.31. The Morgan fingerprint density at radius 3 is 2.67 bits per heavy atom. The molecule has 3 rings (SSSR count). The number of hydrogen-bond acceptors (Lipinski definition) is 4. The monoisotopic (exact) mass is 396 g/mol. The molecule has 0 radical (unpaired) electrons. The van der Waals surface area contributed by atoms with E-state index >= 15 is 0 Å². The first kappa shape index (κ1) is 18.7. The van der Waals surface area contributed by atoms with E-state index in [1.807, 2.05) is 0 Å². The molecule has 0 aliphatic heterocycles. The van der Waals surface area contributed by atoms with E-state index in [1.165, 1.54) is 23.4 Å². The molecule has 1 heterocycles. The van der Waals surface area contributed by atoms with E-state index in [2.05, 4.69) is 15.4 Å². The van der Waals surface area contributed by atoms with Gasteiger partial charge < -0.3 is 10.1 Å². The van der Waals surface area contributed by atoms with Gasteiger partial charge in [0.2, 0.25) is 0 Å². The first-order valence-electron chi connectivity index (χ1n) is 7.58. The Balaban J connectivity index is 1.81. The van der Waals surface area contributed by atoms with Crippen molar-refractivity contribution in [3.63, 3.8) is 0 Å². The Morgan fingerprint density at radius 1 is 1.22 bits per heavy atom. The topological polar surface area (TPSA) is 69.0 Å². The van der Waals surface area contributed by atoms with E-state index in [0.717, 1.165) is 12.1 Å². The van der Waals surface area contributed by atoms with Gasteiger partial charge in [-0.15, -0.1) is 0 Å². The molecule has 0 fully saturated rings. The van der Waals surface area contributed by atoms with Crippen LogP contribution in [0, 0.1) is 0 Å². The number of alkyl halides is 3. The van der Waals surface area contributed by atoms with Crippen molar-refractivity contribution in [1.29, 1.82) is 0 Å². The molecule has 6 nitrogen and oxygen atoms in total. The Labute approximate surface area is 156 Å². The van der Waals surface area contributed by atoms with Gasteiger partial charge >= 0.3 is 6.18 Å². The number of benzene rings is 2. The molecule has 0 aliphatic rings. The van der Waals surface area contributed by atoms with Crippen LogP contribution in [0.25, 0.3) is 5.69 Å². The average molecular weight is 397 g/mol. The van der Waals surface area contributed by atoms with Crippen LogP contribution in [-0.4, -0.2) is 27.3 Å². The van der Waals surface area contributed by atoms with Crippen LogP contribution in [0.5, 0.6) is 5.75 Å². The van der Waals surface area contributed by atoms with Crippen LogP contribution < -0.4 is 10.1 Å². The summed E-state index contributed by atoms with van der Waals surface area (Å²) in [5.74, 6) is -0.370. The minimum atomic E-state index is -4.56. The summed E-state index contributed by atoms with van der Waals surface area (Å²) in [5.41, 5.74) is -0.761. The summed E-state index contributed by atoms with van der Waals surface area (Å²) in [4.78, 5) is 15.9. The zero-order chi connectivity index (χ0) is 19.4. The number of ether oxygens (including phenoxy) is 1. The van der Waals surface area contributed by atoms with Crippen molar-refractivity contribution in [2.75, 3.05) is 11.9 Å². The quantitative estimate of drug-likeness (QED) is 0.709. The number of hydrogen-bond donors (Lipinski definition) is 1. The number of nitrogens with zero attached hydrogens (tertiary/aromatic N) is 3. The van der Waals surface area contributed by atoms with Crippen molar-refractivity contribution in [2.45, 2.75) is 6.18 Å². The molecular formula is C17H12ClF3N4O2. The number of amides is 1. The third kappa shape index (κ3) is 4.56. The van der Waals surface area contributed by atoms with Gasteiger partial charge in [0.1, 0.15) is 18.4 Å². The van der Waals surface area contributed by atoms with Gasteiger partial charge in [-0.1, -0.05) is 23.7 Å². The molecule has 3 aromatic rings. The van der Waals surface area contributed by atoms with E-state index in [-0.39, 0.29) is 17.1 Å². The second-order valence-corrected chi connectivity index (χ2v) is 5.74. The SMILES string of the molecule is O=C(COc1ccccc1Cl)Nc1cc(C(F)(F)F)ccc1-n1cncn1. The van der Waals surface area contributed by atoms with Gasteiger partial charge in [-0.3, -0.25) is 4.79 Å². The number of aromatic nitrogens is 3. The molecule has 27 heavy (non-hydrogen) atoms. The van der Waals surface area contributed by atoms with E-state index in [0.29, 0.717) is 5.02 Å². The maximum Gasteiger partial charge on any atom is 0.416 e. The van der Waals surface area contributed by atoms with Crippen LogP contribution >= 0.6 is 11.6 Å². The van der Waals surface area contributed by atoms with Gasteiger partial charge in [-0.05, 0) is 30.3 Å². The predicted octanol–water partition coefficient (Wildman–Crippen LogP) is 3.96. The van der Waals surface area contributed by atoms with E-state index < -0.39 is 24.3 Å². The number of carbonyl (C=O) groups excluding carboxylic acids is 1. The van der Waals surface area contributed by atoms with Crippen molar-refractivity contribution in [2.24, 2.45) is 0 Å². The van der Waals surface area contributed by atoms with Crippen LogP contribution in [0.15, 0.2) is 55.1 Å². The smallest absolute Gasteiger partial charge is 0.416 e. The molecule has 0 aliphatic carbocycles. The maximum atomic E-state index is 13.0. The summed E-state index contributed by atoms with van der Waals surface area (Å²) < 4.78 is 45.6. The molecular weight excluding hydrogens is 385 g/mol. The Hall–Kier alpha value is -3.07. The maximum absolute atomic E-state index is 13.0. The lowest BCUT2D eigenvalue weighted by molar-refractivity contribution is -0.137. The first-order valence-corrected chi connectivity index (χ1v) is 7.96. The summed E-state index contributed by atoms with van der Waals surface area (Å²) in [6.45, 7) is -0.434. The first-order chi connectivity index (χ1) is 12.8. The van der Waals surface area contributed by atoms with Crippen molar-refractivity contribution >= 4 is 23.2 Å². The van der Waals surface area contributed by atoms with Crippen molar-refractivity contribution in [1.82, 2.24) is 14.8 Å². The number of halogens is 4. The molecule has 0 bridgehead atoms. The van der Waals surface area contributed by atoms with Crippen LogP contribution in [0.4, 0.5) is 18.9 Å². The molecule has 140 valence electrons. The molecule has 1 N–H and O–H groups in total. The van der Waals surface area contributed by atoms with Crippen LogP contribution in [0.1, 0.15) is 5.56 Å². The minimum absolute atomic E-state index is 0.0805. The molecule has 10 heteroatoms. The molecule has 0 atom stereocenters. The average Bonchev–Trinajstić information content (AvgIpc) is 3.14. The normalized spacial score (nSPS) is 11.3. The Morgan fingerprint density at radius 2 is 2.00 bits per heavy atom. The standard InChI is InChI=1S/C17H12ClF3N4O2/c18-12-3-1-2-4-15(12)27-8-16(26)24-13-7-11(17(19,20)21)5-6-14(13)25-10-22-9-23-25/h1-7,9-10H,8H2,(H,24,26). The van der Waals surface area contributed by atoms with Gasteiger partial charge in [0.15, 0.2) is 6.61 Å². The second kappa shape index (κ2) is 7.67. The predicted molar refractivity (Wildman–Crippen MR) is 91.9 cm³/mol. The fourth-order valence-corrected chi connectivity index (χ4v) is 2.43. The van der Waals surface area contributed by atoms with Crippen LogP contribution in [0.2, 0.25) is 5.02 Å². The summed E-state index contributed by atoms with van der Waals surface area (Å²) in [7, 11) is 0.